The molecule has 0 radical (unpaired) electrons. The van der Waals surface area contributed by atoms with Crippen molar-refractivity contribution in [2.75, 3.05) is 18.0 Å². The molecule has 1 amide bonds. The lowest BCUT2D eigenvalue weighted by molar-refractivity contribution is -0.116. The van der Waals surface area contributed by atoms with Gasteiger partial charge in [0, 0.05) is 37.2 Å². The number of halogens is 1. The summed E-state index contributed by atoms with van der Waals surface area (Å²) in [5.41, 5.74) is 4.33. The molecule has 1 aliphatic rings. The van der Waals surface area contributed by atoms with Crippen LogP contribution in [0.25, 0.3) is 0 Å². The monoisotopic (exact) mass is 454 g/mol. The van der Waals surface area contributed by atoms with Crippen molar-refractivity contribution in [3.05, 3.63) is 39.1 Å². The number of fused-ring (bicyclic) bond motifs is 1. The summed E-state index contributed by atoms with van der Waals surface area (Å²) in [6, 6.07) is 3.43. The first-order valence-electron chi connectivity index (χ1n) is 8.71. The molecule has 27 heavy (non-hydrogen) atoms. The van der Waals surface area contributed by atoms with Gasteiger partial charge < -0.3 is 4.90 Å². The Morgan fingerprint density at radius 2 is 2.04 bits per heavy atom. The third-order valence-electron chi connectivity index (χ3n) is 4.99. The number of nitrogens with one attached hydrogen (secondary N) is 1. The summed E-state index contributed by atoms with van der Waals surface area (Å²) in [6.45, 7) is 6.10. The van der Waals surface area contributed by atoms with E-state index < -0.39 is 10.0 Å². The van der Waals surface area contributed by atoms with Crippen LogP contribution >= 0.6 is 15.9 Å². The van der Waals surface area contributed by atoms with Gasteiger partial charge >= 0.3 is 0 Å². The minimum atomic E-state index is -3.76. The topological polar surface area (TPSA) is 84.3 Å². The van der Waals surface area contributed by atoms with Crippen molar-refractivity contribution in [3.63, 3.8) is 0 Å². The van der Waals surface area contributed by atoms with E-state index in [1.165, 1.54) is 11.8 Å². The molecule has 0 spiro atoms. The molecule has 0 saturated heterocycles. The van der Waals surface area contributed by atoms with Crippen molar-refractivity contribution in [3.8, 4) is 0 Å². The van der Waals surface area contributed by atoms with Crippen molar-refractivity contribution in [2.24, 2.45) is 7.05 Å². The van der Waals surface area contributed by atoms with Gasteiger partial charge in [0.25, 0.3) is 0 Å². The van der Waals surface area contributed by atoms with Gasteiger partial charge in [-0.2, -0.15) is 5.10 Å². The molecular weight excluding hydrogens is 432 g/mol. The molecule has 0 atom stereocenters. The summed E-state index contributed by atoms with van der Waals surface area (Å²) in [5, 5.41) is 4.36. The average Bonchev–Trinajstić information content (AvgIpc) is 3.10. The zero-order chi connectivity index (χ0) is 19.9. The second kappa shape index (κ2) is 7.37. The number of sulfonamides is 1. The Labute approximate surface area is 167 Å². The highest BCUT2D eigenvalue weighted by Gasteiger charge is 2.31. The maximum absolute atomic E-state index is 13.0. The van der Waals surface area contributed by atoms with Crippen LogP contribution in [-0.2, 0) is 34.7 Å². The maximum atomic E-state index is 13.0. The first kappa shape index (κ1) is 20.0. The van der Waals surface area contributed by atoms with E-state index in [0.29, 0.717) is 29.5 Å². The Bertz CT molecular complexity index is 1010. The van der Waals surface area contributed by atoms with Crippen LogP contribution < -0.4 is 9.62 Å². The molecule has 1 aromatic carbocycles. The number of aryl methyl sites for hydroxylation is 2. The molecule has 0 bridgehead atoms. The number of amides is 1. The number of hydrogen-bond donors (Lipinski definition) is 1. The molecule has 1 aliphatic heterocycles. The fourth-order valence-corrected chi connectivity index (χ4v) is 5.52. The molecule has 1 N–H and O–H groups in total. The second-order valence-electron chi connectivity index (χ2n) is 6.75. The van der Waals surface area contributed by atoms with Gasteiger partial charge in [-0.1, -0.05) is 15.9 Å². The summed E-state index contributed by atoms with van der Waals surface area (Å²) in [4.78, 5) is 13.6. The highest BCUT2D eigenvalue weighted by atomic mass is 79.9. The molecule has 0 aliphatic carbocycles. The number of benzene rings is 1. The highest BCUT2D eigenvalue weighted by molar-refractivity contribution is 9.10. The van der Waals surface area contributed by atoms with Gasteiger partial charge in [0.15, 0.2) is 0 Å². The molecule has 9 heteroatoms. The average molecular weight is 455 g/mol. The molecule has 0 fully saturated rings. The number of anilines is 1. The summed E-state index contributed by atoms with van der Waals surface area (Å²) in [6.07, 6.45) is 1.20. The van der Waals surface area contributed by atoms with Crippen LogP contribution in [0.2, 0.25) is 0 Å². The van der Waals surface area contributed by atoms with E-state index in [1.54, 1.807) is 10.7 Å². The van der Waals surface area contributed by atoms with Gasteiger partial charge in [-0.15, -0.1) is 0 Å². The Kier molecular flexibility index (Phi) is 5.47. The SMILES string of the molecule is CC(=O)N1CCc2cc(Br)cc(S(=O)(=O)NCCc3c(C)nn(C)c3C)c21. The Morgan fingerprint density at radius 1 is 1.33 bits per heavy atom. The maximum Gasteiger partial charge on any atom is 0.242 e. The van der Waals surface area contributed by atoms with E-state index in [-0.39, 0.29) is 17.3 Å². The molecule has 3 rings (SSSR count). The summed E-state index contributed by atoms with van der Waals surface area (Å²) < 4.78 is 31.1. The Hall–Kier alpha value is -1.71. The molecule has 1 aromatic heterocycles. The van der Waals surface area contributed by atoms with Crippen molar-refractivity contribution in [1.29, 1.82) is 0 Å². The van der Waals surface area contributed by atoms with E-state index in [2.05, 4.69) is 25.8 Å². The fraction of sp³-hybridized carbons (Fsp3) is 0.444. The van der Waals surface area contributed by atoms with Crippen LogP contribution in [0.3, 0.4) is 0 Å². The highest BCUT2D eigenvalue weighted by Crippen LogP contribution is 2.37. The third kappa shape index (κ3) is 3.81. The van der Waals surface area contributed by atoms with E-state index in [0.717, 1.165) is 22.5 Å². The third-order valence-corrected chi connectivity index (χ3v) is 6.92. The number of rotatable bonds is 5. The van der Waals surface area contributed by atoms with E-state index in [4.69, 9.17) is 0 Å². The van der Waals surface area contributed by atoms with Crippen molar-refractivity contribution in [1.82, 2.24) is 14.5 Å². The minimum absolute atomic E-state index is 0.138. The lowest BCUT2D eigenvalue weighted by Crippen LogP contribution is -2.31. The van der Waals surface area contributed by atoms with Gasteiger partial charge in [0.05, 0.1) is 11.4 Å². The van der Waals surface area contributed by atoms with Crippen LogP contribution in [0.4, 0.5) is 5.69 Å². The zero-order valence-electron chi connectivity index (χ0n) is 15.8. The fourth-order valence-electron chi connectivity index (χ4n) is 3.56. The number of aromatic nitrogens is 2. The number of carbonyl (C=O) groups excluding carboxylic acids is 1. The van der Waals surface area contributed by atoms with E-state index in [1.807, 2.05) is 27.0 Å². The van der Waals surface area contributed by atoms with E-state index >= 15 is 0 Å². The van der Waals surface area contributed by atoms with Crippen LogP contribution in [0.5, 0.6) is 0 Å². The Balaban J connectivity index is 1.86. The molecular formula is C18H23BrN4O3S. The molecule has 0 saturated carbocycles. The minimum Gasteiger partial charge on any atom is -0.311 e. The first-order chi connectivity index (χ1) is 12.6. The van der Waals surface area contributed by atoms with Gasteiger partial charge in [0.2, 0.25) is 15.9 Å². The van der Waals surface area contributed by atoms with Crippen molar-refractivity contribution < 1.29 is 13.2 Å². The predicted octanol–water partition coefficient (Wildman–Crippen LogP) is 2.23. The van der Waals surface area contributed by atoms with Crippen LogP contribution in [0.15, 0.2) is 21.5 Å². The molecule has 146 valence electrons. The van der Waals surface area contributed by atoms with Crippen molar-refractivity contribution in [2.45, 2.75) is 38.5 Å². The van der Waals surface area contributed by atoms with Crippen LogP contribution in [0, 0.1) is 13.8 Å². The number of hydrogen-bond acceptors (Lipinski definition) is 4. The van der Waals surface area contributed by atoms with Gasteiger partial charge in [-0.05, 0) is 49.9 Å². The standard InChI is InChI=1S/C18H23BrN4O3S/c1-11-16(12(2)22(4)21-11)5-7-20-27(25,26)17-10-15(19)9-14-6-8-23(13(3)24)18(14)17/h9-10,20H,5-8H2,1-4H3. The molecule has 2 heterocycles. The number of nitrogens with zero attached hydrogens (tertiary/aromatic N) is 3. The second-order valence-corrected chi connectivity index (χ2v) is 9.40. The van der Waals surface area contributed by atoms with Crippen LogP contribution in [-0.4, -0.2) is 37.2 Å². The molecule has 0 unspecified atom stereocenters. The number of carbonyl (C=O) groups is 1. The van der Waals surface area contributed by atoms with Crippen molar-refractivity contribution >= 4 is 37.5 Å². The van der Waals surface area contributed by atoms with Gasteiger partial charge in [-0.3, -0.25) is 9.48 Å². The summed E-state index contributed by atoms with van der Waals surface area (Å²) >= 11 is 3.39. The lowest BCUT2D eigenvalue weighted by Gasteiger charge is -2.19. The lowest BCUT2D eigenvalue weighted by atomic mass is 10.1. The summed E-state index contributed by atoms with van der Waals surface area (Å²) in [7, 11) is -1.89. The van der Waals surface area contributed by atoms with Gasteiger partial charge in [-0.25, -0.2) is 13.1 Å². The normalized spacial score (nSPS) is 13.9. The van der Waals surface area contributed by atoms with E-state index in [9.17, 15) is 13.2 Å². The molecule has 7 nitrogen and oxygen atoms in total. The predicted molar refractivity (Wildman–Crippen MR) is 107 cm³/mol. The van der Waals surface area contributed by atoms with Crippen LogP contribution in [0.1, 0.15) is 29.4 Å². The quantitative estimate of drug-likeness (QED) is 0.750. The Morgan fingerprint density at radius 3 is 2.63 bits per heavy atom. The summed E-state index contributed by atoms with van der Waals surface area (Å²) in [5.74, 6) is -0.158. The van der Waals surface area contributed by atoms with Gasteiger partial charge in [0.1, 0.15) is 4.90 Å². The smallest absolute Gasteiger partial charge is 0.242 e. The molecule has 2 aromatic rings. The largest absolute Gasteiger partial charge is 0.311 e. The first-order valence-corrected chi connectivity index (χ1v) is 11.0. The zero-order valence-corrected chi connectivity index (χ0v) is 18.2.